The van der Waals surface area contributed by atoms with Crippen LogP contribution in [0.1, 0.15) is 31.2 Å². The van der Waals surface area contributed by atoms with E-state index >= 15 is 0 Å². The van der Waals surface area contributed by atoms with Crippen LogP contribution in [-0.2, 0) is 4.79 Å². The minimum atomic E-state index is -0.429. The Bertz CT molecular complexity index is 548. The maximum atomic E-state index is 11.2. The Labute approximate surface area is 111 Å². The number of rotatable bonds is 4. The smallest absolute Gasteiger partial charge is 0.280 e. The number of methoxy groups -OCH3 is 1. The largest absolute Gasteiger partial charge is 0.497 e. The van der Waals surface area contributed by atoms with Crippen LogP contribution in [0.4, 0.5) is 5.69 Å². The van der Waals surface area contributed by atoms with Crippen LogP contribution in [0.3, 0.4) is 0 Å². The minimum Gasteiger partial charge on any atom is -0.497 e. The highest BCUT2D eigenvalue weighted by Gasteiger charge is 2.22. The summed E-state index contributed by atoms with van der Waals surface area (Å²) in [5.74, 6) is 0.444. The summed E-state index contributed by atoms with van der Waals surface area (Å²) in [6.45, 7) is 0. The van der Waals surface area contributed by atoms with Crippen LogP contribution in [0.15, 0.2) is 23.8 Å². The van der Waals surface area contributed by atoms with E-state index in [1.54, 1.807) is 12.1 Å². The lowest BCUT2D eigenvalue weighted by atomic mass is 9.87. The van der Waals surface area contributed by atoms with Crippen molar-refractivity contribution in [2.75, 3.05) is 7.11 Å². The molecule has 1 aromatic carbocycles. The van der Waals surface area contributed by atoms with Gasteiger partial charge in [-0.2, -0.15) is 0 Å². The Kier molecular flexibility index (Phi) is 3.94. The number of nitro benzene ring substituents is 1. The van der Waals surface area contributed by atoms with Crippen molar-refractivity contribution in [3.63, 3.8) is 0 Å². The zero-order valence-electron chi connectivity index (χ0n) is 10.7. The van der Waals surface area contributed by atoms with Gasteiger partial charge in [0.25, 0.3) is 5.69 Å². The summed E-state index contributed by atoms with van der Waals surface area (Å²) in [5.41, 5.74) is 2.01. The van der Waals surface area contributed by atoms with Gasteiger partial charge in [-0.3, -0.25) is 14.9 Å². The zero-order chi connectivity index (χ0) is 13.8. The van der Waals surface area contributed by atoms with Gasteiger partial charge in [0.1, 0.15) is 12.0 Å². The van der Waals surface area contributed by atoms with Crippen molar-refractivity contribution < 1.29 is 14.5 Å². The molecule has 5 nitrogen and oxygen atoms in total. The number of nitro groups is 1. The van der Waals surface area contributed by atoms with Crippen molar-refractivity contribution in [2.24, 2.45) is 0 Å². The average Bonchev–Trinajstić information content (AvgIpc) is 2.46. The molecular weight excluding hydrogens is 246 g/mol. The SMILES string of the molecule is COc1ccc(C2=C(C=O)CCCC2)c([N+](=O)[O-])c1. The fourth-order valence-electron chi connectivity index (χ4n) is 2.41. The second-order valence-corrected chi connectivity index (χ2v) is 4.47. The van der Waals surface area contributed by atoms with Gasteiger partial charge in [0.05, 0.1) is 23.7 Å². The number of aldehydes is 1. The molecule has 0 bridgehead atoms. The molecule has 0 radical (unpaired) electrons. The van der Waals surface area contributed by atoms with Crippen molar-refractivity contribution in [2.45, 2.75) is 25.7 Å². The lowest BCUT2D eigenvalue weighted by Gasteiger charge is -2.17. The van der Waals surface area contributed by atoms with Crippen molar-refractivity contribution in [3.05, 3.63) is 39.4 Å². The van der Waals surface area contributed by atoms with E-state index < -0.39 is 4.92 Å². The summed E-state index contributed by atoms with van der Waals surface area (Å²) in [4.78, 5) is 21.8. The van der Waals surface area contributed by atoms with Gasteiger partial charge in [0, 0.05) is 0 Å². The first kappa shape index (κ1) is 13.3. The molecule has 0 saturated heterocycles. The molecule has 19 heavy (non-hydrogen) atoms. The Hall–Kier alpha value is -2.17. The molecular formula is C14H15NO4. The molecule has 1 aliphatic rings. The molecule has 0 fully saturated rings. The summed E-state index contributed by atoms with van der Waals surface area (Å²) in [7, 11) is 1.47. The molecule has 0 atom stereocenters. The van der Waals surface area contributed by atoms with E-state index in [0.717, 1.165) is 24.7 Å². The van der Waals surface area contributed by atoms with Crippen molar-refractivity contribution in [1.82, 2.24) is 0 Å². The van der Waals surface area contributed by atoms with Crippen LogP contribution in [0.2, 0.25) is 0 Å². The standard InChI is InChI=1S/C14H15NO4/c1-19-11-6-7-13(14(8-11)15(17)18)12-5-3-2-4-10(12)9-16/h6-9H,2-5H2,1H3. The van der Waals surface area contributed by atoms with Gasteiger partial charge in [-0.05, 0) is 49.0 Å². The van der Waals surface area contributed by atoms with E-state index in [0.29, 0.717) is 29.7 Å². The van der Waals surface area contributed by atoms with Crippen LogP contribution >= 0.6 is 0 Å². The highest BCUT2D eigenvalue weighted by Crippen LogP contribution is 2.37. The summed E-state index contributed by atoms with van der Waals surface area (Å²) in [6.07, 6.45) is 4.14. The topological polar surface area (TPSA) is 69.4 Å². The number of benzene rings is 1. The van der Waals surface area contributed by atoms with Crippen molar-refractivity contribution >= 4 is 17.5 Å². The summed E-state index contributed by atoms with van der Waals surface area (Å²) in [5, 5.41) is 11.2. The van der Waals surface area contributed by atoms with Crippen LogP contribution in [0, 0.1) is 10.1 Å². The molecule has 1 aromatic rings. The van der Waals surface area contributed by atoms with Gasteiger partial charge in [-0.15, -0.1) is 0 Å². The number of hydrogen-bond acceptors (Lipinski definition) is 4. The van der Waals surface area contributed by atoms with Gasteiger partial charge < -0.3 is 4.74 Å². The molecule has 0 N–H and O–H groups in total. The third-order valence-electron chi connectivity index (χ3n) is 3.38. The van der Waals surface area contributed by atoms with Gasteiger partial charge in [-0.25, -0.2) is 0 Å². The highest BCUT2D eigenvalue weighted by molar-refractivity contribution is 5.90. The third-order valence-corrected chi connectivity index (χ3v) is 3.38. The normalized spacial score (nSPS) is 15.2. The average molecular weight is 261 g/mol. The molecule has 0 unspecified atom stereocenters. The molecule has 1 aliphatic carbocycles. The Balaban J connectivity index is 2.57. The first-order chi connectivity index (χ1) is 9.17. The second-order valence-electron chi connectivity index (χ2n) is 4.47. The van der Waals surface area contributed by atoms with E-state index in [1.807, 2.05) is 0 Å². The Morgan fingerprint density at radius 1 is 1.32 bits per heavy atom. The first-order valence-corrected chi connectivity index (χ1v) is 6.17. The summed E-state index contributed by atoms with van der Waals surface area (Å²) in [6, 6.07) is 4.76. The number of ether oxygens (including phenoxy) is 1. The maximum Gasteiger partial charge on any atom is 0.280 e. The number of hydrogen-bond donors (Lipinski definition) is 0. The van der Waals surface area contributed by atoms with Gasteiger partial charge in [0.15, 0.2) is 0 Å². The van der Waals surface area contributed by atoms with Gasteiger partial charge >= 0.3 is 0 Å². The Morgan fingerprint density at radius 3 is 2.68 bits per heavy atom. The van der Waals surface area contributed by atoms with Gasteiger partial charge in [0.2, 0.25) is 0 Å². The van der Waals surface area contributed by atoms with Crippen molar-refractivity contribution in [1.29, 1.82) is 0 Å². The van der Waals surface area contributed by atoms with Crippen molar-refractivity contribution in [3.8, 4) is 5.75 Å². The monoisotopic (exact) mass is 261 g/mol. The number of carbonyl (C=O) groups is 1. The molecule has 0 aliphatic heterocycles. The summed E-state index contributed by atoms with van der Waals surface area (Å²) < 4.78 is 5.01. The summed E-state index contributed by atoms with van der Waals surface area (Å²) >= 11 is 0. The van der Waals surface area contributed by atoms with Crippen LogP contribution in [0.5, 0.6) is 5.75 Å². The predicted molar refractivity (Wildman–Crippen MR) is 71.1 cm³/mol. The molecule has 100 valence electrons. The second kappa shape index (κ2) is 5.65. The first-order valence-electron chi connectivity index (χ1n) is 6.17. The van der Waals surface area contributed by atoms with E-state index in [4.69, 9.17) is 4.74 Å². The van der Waals surface area contributed by atoms with E-state index in [1.165, 1.54) is 13.2 Å². The lowest BCUT2D eigenvalue weighted by molar-refractivity contribution is -0.385. The minimum absolute atomic E-state index is 0.00407. The molecule has 2 rings (SSSR count). The molecule has 0 aromatic heterocycles. The fraction of sp³-hybridized carbons (Fsp3) is 0.357. The van der Waals surface area contributed by atoms with Crippen LogP contribution < -0.4 is 4.74 Å². The van der Waals surface area contributed by atoms with Crippen LogP contribution in [-0.4, -0.2) is 18.3 Å². The molecule has 5 heteroatoms. The lowest BCUT2D eigenvalue weighted by Crippen LogP contribution is -2.03. The van der Waals surface area contributed by atoms with E-state index in [9.17, 15) is 14.9 Å². The van der Waals surface area contributed by atoms with E-state index in [-0.39, 0.29) is 5.69 Å². The molecule has 0 amide bonds. The number of nitrogens with zero attached hydrogens (tertiary/aromatic N) is 1. The predicted octanol–water partition coefficient (Wildman–Crippen LogP) is 3.13. The number of carbonyl (C=O) groups excluding carboxylic acids is 1. The zero-order valence-corrected chi connectivity index (χ0v) is 10.7. The van der Waals surface area contributed by atoms with Crippen LogP contribution in [0.25, 0.3) is 5.57 Å². The van der Waals surface area contributed by atoms with E-state index in [2.05, 4.69) is 0 Å². The maximum absolute atomic E-state index is 11.2. The highest BCUT2D eigenvalue weighted by atomic mass is 16.6. The molecule has 0 spiro atoms. The third kappa shape index (κ3) is 2.65. The number of allylic oxidation sites excluding steroid dienone is 2. The van der Waals surface area contributed by atoms with Gasteiger partial charge in [-0.1, -0.05) is 0 Å². The molecule has 0 saturated carbocycles. The quantitative estimate of drug-likeness (QED) is 0.474. The Morgan fingerprint density at radius 2 is 2.05 bits per heavy atom. The molecule has 0 heterocycles. The fourth-order valence-corrected chi connectivity index (χ4v) is 2.41.